The van der Waals surface area contributed by atoms with Crippen LogP contribution in [-0.4, -0.2) is 50.1 Å². The molecule has 1 saturated heterocycles. The predicted molar refractivity (Wildman–Crippen MR) is 95.0 cm³/mol. The van der Waals surface area contributed by atoms with Crippen molar-refractivity contribution in [2.45, 2.75) is 25.8 Å². The predicted octanol–water partition coefficient (Wildman–Crippen LogP) is 2.05. The Bertz CT molecular complexity index is 598. The number of hydrogen-bond donors (Lipinski definition) is 1. The number of halogens is 1. The monoisotopic (exact) mass is 432 g/mol. The summed E-state index contributed by atoms with van der Waals surface area (Å²) in [5.74, 6) is 1.11. The van der Waals surface area contributed by atoms with Gasteiger partial charge in [0.1, 0.15) is 0 Å². The molecule has 0 atom stereocenters. The van der Waals surface area contributed by atoms with Gasteiger partial charge in [0.05, 0.1) is 19.8 Å². The van der Waals surface area contributed by atoms with E-state index in [9.17, 15) is 9.59 Å². The minimum Gasteiger partial charge on any atom is -0.493 e. The van der Waals surface area contributed by atoms with Crippen LogP contribution >= 0.6 is 22.6 Å². The number of amides is 2. The number of carbonyl (C=O) groups excluding carboxylic acids is 2. The number of carbonyl (C=O) groups is 2. The summed E-state index contributed by atoms with van der Waals surface area (Å²) in [6.45, 7) is 2.78. The van der Waals surface area contributed by atoms with Crippen LogP contribution in [0.25, 0.3) is 0 Å². The molecule has 23 heavy (non-hydrogen) atoms. The average molecular weight is 432 g/mol. The number of benzene rings is 1. The summed E-state index contributed by atoms with van der Waals surface area (Å²) in [6.07, 6.45) is 1.55. The van der Waals surface area contributed by atoms with Crippen LogP contribution in [0.2, 0.25) is 0 Å². The van der Waals surface area contributed by atoms with E-state index in [0.717, 1.165) is 16.4 Å². The third kappa shape index (κ3) is 4.27. The summed E-state index contributed by atoms with van der Waals surface area (Å²) in [5, 5.41) is 2.91. The third-order valence-corrected chi connectivity index (χ3v) is 4.79. The second-order valence-corrected chi connectivity index (χ2v) is 6.62. The molecule has 0 spiro atoms. The van der Waals surface area contributed by atoms with Gasteiger partial charge in [-0.3, -0.25) is 9.59 Å². The van der Waals surface area contributed by atoms with Gasteiger partial charge in [-0.15, -0.1) is 0 Å². The second kappa shape index (κ2) is 7.85. The van der Waals surface area contributed by atoms with E-state index in [0.29, 0.717) is 30.2 Å². The first-order valence-corrected chi connectivity index (χ1v) is 8.52. The van der Waals surface area contributed by atoms with Gasteiger partial charge in [-0.1, -0.05) is 0 Å². The maximum atomic E-state index is 12.8. The molecule has 0 bridgehead atoms. The lowest BCUT2D eigenvalue weighted by Crippen LogP contribution is -2.46. The number of piperidine rings is 1. The van der Waals surface area contributed by atoms with Gasteiger partial charge < -0.3 is 19.7 Å². The lowest BCUT2D eigenvalue weighted by Gasteiger charge is -2.32. The van der Waals surface area contributed by atoms with Crippen molar-refractivity contribution in [2.24, 2.45) is 0 Å². The second-order valence-electron chi connectivity index (χ2n) is 5.45. The molecule has 2 rings (SSSR count). The molecular weight excluding hydrogens is 411 g/mol. The zero-order valence-corrected chi connectivity index (χ0v) is 15.7. The van der Waals surface area contributed by atoms with Crippen molar-refractivity contribution in [3.05, 3.63) is 21.3 Å². The maximum absolute atomic E-state index is 12.8. The molecule has 0 aliphatic carbocycles. The molecule has 1 fully saturated rings. The standard InChI is InChI=1S/C16H21IN2O4/c1-10(20)18-11-4-6-19(7-5-11)16(21)12-8-14(22-2)15(23-3)9-13(12)17/h8-9,11H,4-7H2,1-3H3,(H,18,20). The van der Waals surface area contributed by atoms with Gasteiger partial charge in [0.2, 0.25) is 5.91 Å². The Morgan fingerprint density at radius 1 is 1.17 bits per heavy atom. The molecule has 1 aromatic carbocycles. The Kier molecular flexibility index (Phi) is 6.09. The summed E-state index contributed by atoms with van der Waals surface area (Å²) in [7, 11) is 3.13. The van der Waals surface area contributed by atoms with Gasteiger partial charge >= 0.3 is 0 Å². The summed E-state index contributed by atoms with van der Waals surface area (Å²) >= 11 is 2.13. The van der Waals surface area contributed by atoms with E-state index in [1.54, 1.807) is 26.4 Å². The Morgan fingerprint density at radius 2 is 1.74 bits per heavy atom. The first-order valence-electron chi connectivity index (χ1n) is 7.44. The molecule has 0 saturated carbocycles. The number of nitrogens with one attached hydrogen (secondary N) is 1. The highest BCUT2D eigenvalue weighted by Crippen LogP contribution is 2.32. The van der Waals surface area contributed by atoms with E-state index in [1.165, 1.54) is 6.92 Å². The number of methoxy groups -OCH3 is 2. The quantitative estimate of drug-likeness (QED) is 0.740. The van der Waals surface area contributed by atoms with Crippen LogP contribution in [0.3, 0.4) is 0 Å². The molecule has 0 unspecified atom stereocenters. The number of nitrogens with zero attached hydrogens (tertiary/aromatic N) is 1. The first kappa shape index (κ1) is 17.8. The zero-order chi connectivity index (χ0) is 17.0. The van der Waals surface area contributed by atoms with Crippen LogP contribution in [0, 0.1) is 3.57 Å². The number of rotatable bonds is 4. The molecule has 0 radical (unpaired) electrons. The van der Waals surface area contributed by atoms with Crippen molar-refractivity contribution in [1.82, 2.24) is 10.2 Å². The largest absolute Gasteiger partial charge is 0.493 e. The lowest BCUT2D eigenvalue weighted by molar-refractivity contribution is -0.119. The van der Waals surface area contributed by atoms with Crippen LogP contribution < -0.4 is 14.8 Å². The summed E-state index contributed by atoms with van der Waals surface area (Å²) in [4.78, 5) is 25.7. The molecule has 1 heterocycles. The van der Waals surface area contributed by atoms with Crippen molar-refractivity contribution >= 4 is 34.4 Å². The Balaban J connectivity index is 2.11. The molecule has 1 aromatic rings. The van der Waals surface area contributed by atoms with Crippen LogP contribution in [-0.2, 0) is 4.79 Å². The minimum absolute atomic E-state index is 0.0170. The van der Waals surface area contributed by atoms with Crippen LogP contribution in [0.4, 0.5) is 0 Å². The summed E-state index contributed by atoms with van der Waals surface area (Å²) in [5.41, 5.74) is 0.612. The summed E-state index contributed by atoms with van der Waals surface area (Å²) in [6, 6.07) is 3.68. The van der Waals surface area contributed by atoms with Crippen LogP contribution in [0.5, 0.6) is 11.5 Å². The molecular formula is C16H21IN2O4. The first-order chi connectivity index (χ1) is 11.0. The molecule has 7 heteroatoms. The van der Waals surface area contributed by atoms with Gasteiger partial charge in [0.25, 0.3) is 5.91 Å². The van der Waals surface area contributed by atoms with Gasteiger partial charge in [-0.05, 0) is 47.6 Å². The molecule has 2 amide bonds. The number of likely N-dealkylation sites (tertiary alicyclic amines) is 1. The topological polar surface area (TPSA) is 67.9 Å². The van der Waals surface area contributed by atoms with Crippen molar-refractivity contribution in [3.8, 4) is 11.5 Å². The highest BCUT2D eigenvalue weighted by atomic mass is 127. The van der Waals surface area contributed by atoms with E-state index in [4.69, 9.17) is 9.47 Å². The molecule has 126 valence electrons. The fourth-order valence-electron chi connectivity index (χ4n) is 2.70. The van der Waals surface area contributed by atoms with Gasteiger partial charge in [-0.2, -0.15) is 0 Å². The fraction of sp³-hybridized carbons (Fsp3) is 0.500. The van der Waals surface area contributed by atoms with E-state index in [-0.39, 0.29) is 17.9 Å². The number of ether oxygens (including phenoxy) is 2. The summed E-state index contributed by atoms with van der Waals surface area (Å²) < 4.78 is 11.4. The number of hydrogen-bond acceptors (Lipinski definition) is 4. The zero-order valence-electron chi connectivity index (χ0n) is 13.5. The van der Waals surface area contributed by atoms with Crippen molar-refractivity contribution in [3.63, 3.8) is 0 Å². The Labute approximate surface area is 149 Å². The van der Waals surface area contributed by atoms with Gasteiger partial charge in [-0.25, -0.2) is 0 Å². The van der Waals surface area contributed by atoms with Gasteiger partial charge in [0.15, 0.2) is 11.5 Å². The SMILES string of the molecule is COc1cc(I)c(C(=O)N2CCC(NC(C)=O)CC2)cc1OC. The molecule has 6 nitrogen and oxygen atoms in total. The van der Waals surface area contributed by atoms with E-state index in [1.807, 2.05) is 4.90 Å². The Morgan fingerprint density at radius 3 is 2.26 bits per heavy atom. The van der Waals surface area contributed by atoms with E-state index in [2.05, 4.69) is 27.9 Å². The smallest absolute Gasteiger partial charge is 0.255 e. The molecule has 1 N–H and O–H groups in total. The minimum atomic E-state index is -0.0239. The molecule has 1 aliphatic rings. The van der Waals surface area contributed by atoms with Crippen molar-refractivity contribution in [1.29, 1.82) is 0 Å². The fourth-order valence-corrected chi connectivity index (χ4v) is 3.37. The lowest BCUT2D eigenvalue weighted by atomic mass is 10.0. The molecule has 1 aliphatic heterocycles. The van der Waals surface area contributed by atoms with E-state index >= 15 is 0 Å². The normalized spacial score (nSPS) is 15.2. The van der Waals surface area contributed by atoms with E-state index < -0.39 is 0 Å². The van der Waals surface area contributed by atoms with Crippen LogP contribution in [0.1, 0.15) is 30.1 Å². The maximum Gasteiger partial charge on any atom is 0.255 e. The Hall–Kier alpha value is -1.51. The van der Waals surface area contributed by atoms with Crippen molar-refractivity contribution < 1.29 is 19.1 Å². The molecule has 0 aromatic heterocycles. The third-order valence-electron chi connectivity index (χ3n) is 3.89. The average Bonchev–Trinajstić information content (AvgIpc) is 2.54. The highest BCUT2D eigenvalue weighted by Gasteiger charge is 2.26. The van der Waals surface area contributed by atoms with Crippen molar-refractivity contribution in [2.75, 3.05) is 27.3 Å². The van der Waals surface area contributed by atoms with Crippen LogP contribution in [0.15, 0.2) is 12.1 Å². The highest BCUT2D eigenvalue weighted by molar-refractivity contribution is 14.1. The van der Waals surface area contributed by atoms with Gasteiger partial charge in [0, 0.05) is 29.6 Å².